The summed E-state index contributed by atoms with van der Waals surface area (Å²) in [5.41, 5.74) is 36.7. The van der Waals surface area contributed by atoms with Crippen LogP contribution in [-0.4, -0.2) is 28.2 Å². The van der Waals surface area contributed by atoms with Crippen LogP contribution in [0.2, 0.25) is 10.0 Å². The first-order valence-electron chi connectivity index (χ1n) is 22.6. The van der Waals surface area contributed by atoms with Gasteiger partial charge in [-0.05, 0) is 120 Å². The first-order chi connectivity index (χ1) is 34.8. The van der Waals surface area contributed by atoms with Crippen LogP contribution in [0.1, 0.15) is 80.5 Å². The molecule has 376 valence electrons. The van der Waals surface area contributed by atoms with Gasteiger partial charge in [-0.15, -0.1) is 22.9 Å². The van der Waals surface area contributed by atoms with E-state index in [1.54, 1.807) is 66.7 Å². The quantitative estimate of drug-likeness (QED) is 0.0140. The molecule has 0 aliphatic carbocycles. The molecule has 2 aromatic heterocycles. The number of ketones is 1. The SMILES string of the molecule is Cl.Nc1cc(C(CCCC(=O)c2ccccc2)c2ccccc2)cc(N)n1.Nc1cc(C(CCNC(=O)c2ccccc2)c2ccccc2)c(N=Nc2ccc(Cl)cc2)c(N)n1.Nc1ccc(Cl)cc1.O=N[O-].[Na+]. The van der Waals surface area contributed by atoms with Gasteiger partial charge in [0.1, 0.15) is 23.1 Å². The van der Waals surface area contributed by atoms with Crippen molar-refractivity contribution in [2.75, 3.05) is 35.2 Å². The molecular formula is C55H55Cl3N11NaO4. The summed E-state index contributed by atoms with van der Waals surface area (Å²) < 4.78 is 0. The average Bonchev–Trinajstić information content (AvgIpc) is 3.39. The first kappa shape index (κ1) is 60.9. The van der Waals surface area contributed by atoms with E-state index in [1.165, 1.54) is 5.56 Å². The van der Waals surface area contributed by atoms with Crippen LogP contribution in [0.25, 0.3) is 0 Å². The number of pyridine rings is 2. The van der Waals surface area contributed by atoms with Gasteiger partial charge < -0.3 is 44.1 Å². The Morgan fingerprint density at radius 1 is 0.568 bits per heavy atom. The maximum atomic E-state index is 12.6. The fourth-order valence-electron chi connectivity index (χ4n) is 7.51. The van der Waals surface area contributed by atoms with Crippen LogP contribution in [0.5, 0.6) is 0 Å². The molecule has 0 saturated carbocycles. The fraction of sp³-hybridized carbons (Fsp3) is 0.127. The van der Waals surface area contributed by atoms with Crippen LogP contribution in [0.3, 0.4) is 0 Å². The van der Waals surface area contributed by atoms with Crippen LogP contribution < -0.4 is 63.5 Å². The van der Waals surface area contributed by atoms with Gasteiger partial charge in [0.05, 0.1) is 5.69 Å². The minimum absolute atomic E-state index is 0. The van der Waals surface area contributed by atoms with Gasteiger partial charge in [0, 0.05) is 51.7 Å². The summed E-state index contributed by atoms with van der Waals surface area (Å²) in [5.74, 6) is 1.33. The molecule has 11 N–H and O–H groups in total. The van der Waals surface area contributed by atoms with Gasteiger partial charge in [-0.25, -0.2) is 9.97 Å². The van der Waals surface area contributed by atoms with Crippen molar-refractivity contribution in [3.8, 4) is 0 Å². The topological polar surface area (TPSA) is 279 Å². The van der Waals surface area contributed by atoms with Crippen LogP contribution in [0.4, 0.5) is 40.3 Å². The molecule has 6 aromatic carbocycles. The van der Waals surface area contributed by atoms with Crippen molar-refractivity contribution < 1.29 is 39.1 Å². The molecule has 0 radical (unpaired) electrons. The van der Waals surface area contributed by atoms with Gasteiger partial charge in [-0.3, -0.25) is 9.59 Å². The standard InChI is InChI=1S/C27H25ClN6O.C22H23N3O.C6H6ClN.ClH.HNO2.Na/c28-20-11-13-21(14-12-20)33-34-25-23(17-24(29)32-26(25)30)22(18-7-3-1-4-8-18)15-16-31-27(35)19-9-5-2-6-10-19;23-21-14-18(15-22(24)25-21)19(16-8-3-1-4-9-16)12-7-13-20(26)17-10-5-2-6-11-17;7-5-1-3-6(8)4-2-5;;2-1-3;/h1-14,17,22H,15-16H2,(H,31,35)(H4,29,30,32);1-6,8-11,14-15,19H,7,12-13H2,(H4,23,24,25);1-4H,8H2;1H;(H,2,3);/q;;;;;+1/p-1. The van der Waals surface area contributed by atoms with E-state index in [9.17, 15) is 9.59 Å². The number of hydrogen-bond acceptors (Lipinski definition) is 14. The molecule has 0 aliphatic heterocycles. The minimum Gasteiger partial charge on any atom is -0.444 e. The van der Waals surface area contributed by atoms with E-state index >= 15 is 0 Å². The van der Waals surface area contributed by atoms with E-state index < -0.39 is 0 Å². The van der Waals surface area contributed by atoms with Crippen molar-refractivity contribution in [3.63, 3.8) is 0 Å². The van der Waals surface area contributed by atoms with E-state index in [1.807, 2.05) is 109 Å². The van der Waals surface area contributed by atoms with Crippen LogP contribution >= 0.6 is 35.6 Å². The second kappa shape index (κ2) is 32.7. The number of anilines is 5. The molecule has 0 bridgehead atoms. The Bertz CT molecular complexity index is 2930. The number of benzene rings is 6. The number of azo groups is 1. The molecule has 2 unspecified atom stereocenters. The molecule has 0 aliphatic rings. The van der Waals surface area contributed by atoms with Crippen molar-refractivity contribution in [3.05, 3.63) is 242 Å². The number of nitrogens with one attached hydrogen (secondary N) is 1. The third kappa shape index (κ3) is 20.3. The van der Waals surface area contributed by atoms with Crippen molar-refractivity contribution in [2.24, 2.45) is 15.6 Å². The van der Waals surface area contributed by atoms with Crippen molar-refractivity contribution in [1.82, 2.24) is 15.3 Å². The summed E-state index contributed by atoms with van der Waals surface area (Å²) in [6, 6.07) is 58.3. The van der Waals surface area contributed by atoms with E-state index in [4.69, 9.17) is 62.0 Å². The van der Waals surface area contributed by atoms with Gasteiger partial charge >= 0.3 is 29.6 Å². The molecule has 1 amide bonds. The molecular weight excluding hydrogens is 1010 g/mol. The summed E-state index contributed by atoms with van der Waals surface area (Å²) >= 11 is 11.5. The van der Waals surface area contributed by atoms with Crippen molar-refractivity contribution in [2.45, 2.75) is 37.5 Å². The molecule has 19 heteroatoms. The fourth-order valence-corrected chi connectivity index (χ4v) is 7.76. The van der Waals surface area contributed by atoms with Gasteiger partial charge in [0.2, 0.25) is 0 Å². The number of Topliss-reactive ketones (excluding diaryl/α,β-unsaturated/α-hetero) is 1. The van der Waals surface area contributed by atoms with Crippen LogP contribution in [0, 0.1) is 10.1 Å². The van der Waals surface area contributed by atoms with Crippen LogP contribution in [-0.2, 0) is 0 Å². The van der Waals surface area contributed by atoms with E-state index in [0.29, 0.717) is 53.0 Å². The predicted molar refractivity (Wildman–Crippen MR) is 299 cm³/mol. The Morgan fingerprint density at radius 2 is 1.03 bits per heavy atom. The zero-order valence-electron chi connectivity index (χ0n) is 40.5. The minimum atomic E-state index is -0.154. The van der Waals surface area contributed by atoms with E-state index in [2.05, 4.69) is 37.6 Å². The number of carbonyl (C=O) groups excluding carboxylic acids is 2. The second-order valence-electron chi connectivity index (χ2n) is 15.9. The monoisotopic (exact) mass is 1060 g/mol. The van der Waals surface area contributed by atoms with E-state index in [0.717, 1.165) is 51.1 Å². The Kier molecular flexibility index (Phi) is 26.9. The zero-order valence-corrected chi connectivity index (χ0v) is 44.8. The van der Waals surface area contributed by atoms with Gasteiger partial charge in [0.15, 0.2) is 11.6 Å². The number of aromatic nitrogens is 2. The first-order valence-corrected chi connectivity index (χ1v) is 23.3. The number of nitrogens with zero attached hydrogens (tertiary/aromatic N) is 5. The number of nitrogen functional groups attached to an aromatic ring is 5. The van der Waals surface area contributed by atoms with Gasteiger partial charge in [0.25, 0.3) is 5.91 Å². The molecule has 0 spiro atoms. The number of nitrogens with two attached hydrogens (primary N) is 5. The molecule has 0 saturated heterocycles. The normalized spacial score (nSPS) is 10.9. The van der Waals surface area contributed by atoms with E-state index in [-0.39, 0.29) is 77.1 Å². The molecule has 2 heterocycles. The molecule has 0 fully saturated rings. The Morgan fingerprint density at radius 3 is 1.54 bits per heavy atom. The van der Waals surface area contributed by atoms with Crippen LogP contribution in [0.15, 0.2) is 204 Å². The summed E-state index contributed by atoms with van der Waals surface area (Å²) in [7, 11) is 0. The second-order valence-corrected chi connectivity index (χ2v) is 16.8. The molecule has 8 rings (SSSR count). The Labute approximate surface area is 468 Å². The molecule has 15 nitrogen and oxygen atoms in total. The number of rotatable bonds is 15. The smallest absolute Gasteiger partial charge is 0.444 e. The predicted octanol–water partition coefficient (Wildman–Crippen LogP) is 10.3. The molecule has 2 atom stereocenters. The zero-order chi connectivity index (χ0) is 51.7. The third-order valence-electron chi connectivity index (χ3n) is 10.8. The maximum Gasteiger partial charge on any atom is 1.00 e. The molecule has 74 heavy (non-hydrogen) atoms. The maximum absolute atomic E-state index is 12.6. The summed E-state index contributed by atoms with van der Waals surface area (Å²) in [5, 5.41) is 22.1. The molecule has 8 aromatic rings. The summed E-state index contributed by atoms with van der Waals surface area (Å²) in [4.78, 5) is 41.2. The Balaban J connectivity index is 0.000000324. The number of halogens is 3. The third-order valence-corrected chi connectivity index (χ3v) is 11.4. The van der Waals surface area contributed by atoms with Crippen molar-refractivity contribution in [1.29, 1.82) is 0 Å². The van der Waals surface area contributed by atoms with Crippen molar-refractivity contribution >= 4 is 87.6 Å². The van der Waals surface area contributed by atoms with Gasteiger partial charge in [-0.2, -0.15) is 5.11 Å². The number of hydrogen-bond donors (Lipinski definition) is 6. The number of carbonyl (C=O) groups is 2. The largest absolute Gasteiger partial charge is 1.00 e. The van der Waals surface area contributed by atoms with Gasteiger partial charge in [-0.1, -0.05) is 132 Å². The Hall–Kier alpha value is -7.37. The average molecular weight is 1060 g/mol. The summed E-state index contributed by atoms with van der Waals surface area (Å²) in [6.45, 7) is 0.434. The number of amides is 1. The summed E-state index contributed by atoms with van der Waals surface area (Å²) in [6.07, 6.45) is 2.74.